The largest absolute Gasteiger partial charge is 0.331 e. The van der Waals surface area contributed by atoms with Gasteiger partial charge in [-0.05, 0) is 30.0 Å². The third-order valence-electron chi connectivity index (χ3n) is 2.14. The van der Waals surface area contributed by atoms with Crippen molar-refractivity contribution in [3.63, 3.8) is 0 Å². The van der Waals surface area contributed by atoms with Gasteiger partial charge in [-0.15, -0.1) is 0 Å². The summed E-state index contributed by atoms with van der Waals surface area (Å²) in [6.45, 7) is 0.630. The molecule has 1 aromatic rings. The first-order valence-electron chi connectivity index (χ1n) is 4.45. The highest BCUT2D eigenvalue weighted by atomic mass is 35.5. The first-order valence-corrected chi connectivity index (χ1v) is 7.66. The van der Waals surface area contributed by atoms with E-state index in [1.165, 1.54) is 0 Å². The van der Waals surface area contributed by atoms with Gasteiger partial charge in [0, 0.05) is 22.0 Å². The molecule has 0 amide bonds. The molecule has 0 aliphatic carbocycles. The van der Waals surface area contributed by atoms with Crippen LogP contribution < -0.4 is 0 Å². The van der Waals surface area contributed by atoms with Gasteiger partial charge in [0.1, 0.15) is 0 Å². The maximum atomic E-state index is 6.08. The van der Waals surface area contributed by atoms with Gasteiger partial charge in [0.15, 0.2) is 7.15 Å². The first-order chi connectivity index (χ1) is 7.16. The van der Waals surface area contributed by atoms with Crippen LogP contribution in [0.4, 0.5) is 0 Å². The van der Waals surface area contributed by atoms with E-state index in [1.807, 2.05) is 6.07 Å². The molecule has 2 atom stereocenters. The van der Waals surface area contributed by atoms with E-state index < -0.39 is 7.15 Å². The summed E-state index contributed by atoms with van der Waals surface area (Å²) in [6.07, 6.45) is 0.696. The zero-order chi connectivity index (χ0) is 10.8. The third kappa shape index (κ3) is 2.94. The molecule has 15 heavy (non-hydrogen) atoms. The van der Waals surface area contributed by atoms with Crippen molar-refractivity contribution < 1.29 is 9.05 Å². The number of hydrogen-bond acceptors (Lipinski definition) is 3. The average Bonchev–Trinajstić information content (AvgIpc) is 2.22. The third-order valence-corrected chi connectivity index (χ3v) is 4.28. The monoisotopic (exact) mass is 282 g/mol. The number of benzene rings is 1. The molecule has 0 bridgehead atoms. The summed E-state index contributed by atoms with van der Waals surface area (Å²) in [5, 5.41) is 1.32. The summed E-state index contributed by atoms with van der Waals surface area (Å²) >= 11 is 17.0. The lowest BCUT2D eigenvalue weighted by molar-refractivity contribution is 0.119. The van der Waals surface area contributed by atoms with Crippen LogP contribution in [0.25, 0.3) is 0 Å². The van der Waals surface area contributed by atoms with Crippen LogP contribution in [0.3, 0.4) is 0 Å². The standard InChI is InChI=1S/C9H9Cl2O2PS/c10-6-1-2-8(11)7(5-6)9-3-4-12-14(15)13-9/h1-2,5,9,14H,3-4H2. The van der Waals surface area contributed by atoms with Crippen LogP contribution in [-0.2, 0) is 20.9 Å². The van der Waals surface area contributed by atoms with Crippen LogP contribution in [0.2, 0.25) is 10.0 Å². The van der Waals surface area contributed by atoms with Crippen molar-refractivity contribution in [2.75, 3.05) is 6.61 Å². The molecule has 2 nitrogen and oxygen atoms in total. The molecule has 6 heteroatoms. The summed E-state index contributed by atoms with van der Waals surface area (Å²) in [5.74, 6) is 0. The Morgan fingerprint density at radius 3 is 2.93 bits per heavy atom. The van der Waals surface area contributed by atoms with Crippen molar-refractivity contribution in [2.24, 2.45) is 0 Å². The number of halogens is 2. The van der Waals surface area contributed by atoms with E-state index in [9.17, 15) is 0 Å². The fraction of sp³-hybridized carbons (Fsp3) is 0.333. The Bertz CT molecular complexity index is 400. The molecular formula is C9H9Cl2O2PS. The maximum Gasteiger partial charge on any atom is 0.176 e. The van der Waals surface area contributed by atoms with E-state index in [0.717, 1.165) is 12.0 Å². The fourth-order valence-corrected chi connectivity index (χ4v) is 3.29. The van der Waals surface area contributed by atoms with Crippen molar-refractivity contribution in [2.45, 2.75) is 12.5 Å². The minimum atomic E-state index is -1.54. The van der Waals surface area contributed by atoms with Gasteiger partial charge in [-0.1, -0.05) is 23.2 Å². The Kier molecular flexibility index (Phi) is 4.05. The Labute approximate surface area is 104 Å². The van der Waals surface area contributed by atoms with Gasteiger partial charge < -0.3 is 9.05 Å². The molecule has 2 rings (SSSR count). The van der Waals surface area contributed by atoms with Gasteiger partial charge in [0.2, 0.25) is 0 Å². The molecule has 1 heterocycles. The van der Waals surface area contributed by atoms with Crippen LogP contribution in [0.15, 0.2) is 18.2 Å². The van der Waals surface area contributed by atoms with Crippen LogP contribution in [-0.4, -0.2) is 6.61 Å². The van der Waals surface area contributed by atoms with E-state index in [-0.39, 0.29) is 6.10 Å². The van der Waals surface area contributed by atoms with Crippen molar-refractivity contribution in [3.8, 4) is 0 Å². The molecule has 1 aliphatic rings. The van der Waals surface area contributed by atoms with Gasteiger partial charge >= 0.3 is 0 Å². The summed E-state index contributed by atoms with van der Waals surface area (Å²) in [5.41, 5.74) is 0.903. The lowest BCUT2D eigenvalue weighted by Crippen LogP contribution is -2.09. The molecular weight excluding hydrogens is 274 g/mol. The molecule has 82 valence electrons. The maximum absolute atomic E-state index is 6.08. The van der Waals surface area contributed by atoms with Gasteiger partial charge in [-0.3, -0.25) is 0 Å². The van der Waals surface area contributed by atoms with E-state index in [0.29, 0.717) is 16.7 Å². The van der Waals surface area contributed by atoms with Crippen molar-refractivity contribution >= 4 is 42.2 Å². The highest BCUT2D eigenvalue weighted by Crippen LogP contribution is 2.42. The molecule has 1 fully saturated rings. The Hall–Kier alpha value is 0.370. The molecule has 0 aromatic heterocycles. The van der Waals surface area contributed by atoms with Gasteiger partial charge in [-0.2, -0.15) is 0 Å². The summed E-state index contributed by atoms with van der Waals surface area (Å²) in [6, 6.07) is 5.35. The second-order valence-electron chi connectivity index (χ2n) is 3.16. The quantitative estimate of drug-likeness (QED) is 0.726. The minimum Gasteiger partial charge on any atom is -0.331 e. The smallest absolute Gasteiger partial charge is 0.176 e. The summed E-state index contributed by atoms with van der Waals surface area (Å²) in [4.78, 5) is 0. The zero-order valence-electron chi connectivity index (χ0n) is 7.70. The second kappa shape index (κ2) is 5.13. The predicted octanol–water partition coefficient (Wildman–Crippen LogP) is 3.98. The van der Waals surface area contributed by atoms with E-state index in [4.69, 9.17) is 44.1 Å². The zero-order valence-corrected chi connectivity index (χ0v) is 11.0. The Balaban J connectivity index is 2.27. The molecule has 0 spiro atoms. The molecule has 1 aromatic carbocycles. The number of rotatable bonds is 1. The Morgan fingerprint density at radius 1 is 1.40 bits per heavy atom. The van der Waals surface area contributed by atoms with E-state index in [1.54, 1.807) is 12.1 Å². The SMILES string of the molecule is S=[PH]1OCCC(c2cc(Cl)ccc2Cl)O1. The molecule has 0 N–H and O–H groups in total. The van der Waals surface area contributed by atoms with Gasteiger partial charge in [0.25, 0.3) is 0 Å². The second-order valence-corrected chi connectivity index (χ2v) is 6.03. The van der Waals surface area contributed by atoms with E-state index >= 15 is 0 Å². The first kappa shape index (κ1) is 11.8. The van der Waals surface area contributed by atoms with Gasteiger partial charge in [-0.25, -0.2) is 0 Å². The van der Waals surface area contributed by atoms with Crippen LogP contribution in [0.1, 0.15) is 18.1 Å². The van der Waals surface area contributed by atoms with Crippen molar-refractivity contribution in [3.05, 3.63) is 33.8 Å². The van der Waals surface area contributed by atoms with E-state index in [2.05, 4.69) is 0 Å². The molecule has 1 saturated heterocycles. The van der Waals surface area contributed by atoms with Crippen molar-refractivity contribution in [1.82, 2.24) is 0 Å². The highest BCUT2D eigenvalue weighted by molar-refractivity contribution is 8.00. The molecule has 2 unspecified atom stereocenters. The fourth-order valence-electron chi connectivity index (χ4n) is 1.44. The lowest BCUT2D eigenvalue weighted by Gasteiger charge is -2.25. The van der Waals surface area contributed by atoms with Crippen LogP contribution in [0, 0.1) is 0 Å². The number of hydrogen-bond donors (Lipinski definition) is 0. The topological polar surface area (TPSA) is 18.5 Å². The summed E-state index contributed by atoms with van der Waals surface area (Å²) in [7, 11) is -1.54. The van der Waals surface area contributed by atoms with Crippen LogP contribution >= 0.6 is 30.4 Å². The van der Waals surface area contributed by atoms with Crippen molar-refractivity contribution in [1.29, 1.82) is 0 Å². The molecule has 0 saturated carbocycles. The Morgan fingerprint density at radius 2 is 2.20 bits per heavy atom. The van der Waals surface area contributed by atoms with Crippen LogP contribution in [0.5, 0.6) is 0 Å². The summed E-state index contributed by atoms with van der Waals surface area (Å²) < 4.78 is 10.8. The molecule has 1 aliphatic heterocycles. The normalized spacial score (nSPS) is 26.5. The average molecular weight is 283 g/mol. The highest BCUT2D eigenvalue weighted by Gasteiger charge is 2.21. The molecule has 0 radical (unpaired) electrons. The lowest BCUT2D eigenvalue weighted by atomic mass is 10.1. The van der Waals surface area contributed by atoms with Gasteiger partial charge in [0.05, 0.1) is 12.7 Å². The predicted molar refractivity (Wildman–Crippen MR) is 66.5 cm³/mol. The minimum absolute atomic E-state index is 0.0728.